The normalized spacial score (nSPS) is 14.7. The number of thiocarbonyl (C=S) groups is 1. The molecule has 0 amide bonds. The fourth-order valence-electron chi connectivity index (χ4n) is 8.25. The minimum Gasteiger partial charge on any atom is -0.402 e. The molecule has 0 saturated heterocycles. The Labute approximate surface area is 426 Å². The third-order valence-electron chi connectivity index (χ3n) is 13.7. The van der Waals surface area contributed by atoms with Gasteiger partial charge in [0.15, 0.2) is 0 Å². The molecule has 3 aromatic carbocycles. The van der Waals surface area contributed by atoms with Crippen LogP contribution in [0.5, 0.6) is 0 Å². The van der Waals surface area contributed by atoms with Crippen molar-refractivity contribution >= 4 is 28.7 Å². The highest BCUT2D eigenvalue weighted by Crippen LogP contribution is 2.45. The van der Waals surface area contributed by atoms with E-state index in [4.69, 9.17) is 23.2 Å². The van der Waals surface area contributed by atoms with Crippen molar-refractivity contribution in [2.75, 3.05) is 0 Å². The number of benzene rings is 3. The summed E-state index contributed by atoms with van der Waals surface area (Å²) in [4.78, 5) is 0.826. The number of nitrogens with two attached hydrogens (primary N) is 1. The van der Waals surface area contributed by atoms with Gasteiger partial charge in [-0.15, -0.1) is 0 Å². The molecule has 3 aromatic rings. The van der Waals surface area contributed by atoms with Gasteiger partial charge in [-0.05, 0) is 173 Å². The van der Waals surface area contributed by atoms with Crippen LogP contribution in [0, 0.1) is 45.8 Å². The Morgan fingerprint density at radius 3 is 1.57 bits per heavy atom. The van der Waals surface area contributed by atoms with E-state index in [1.54, 1.807) is 0 Å². The average Bonchev–Trinajstić information content (AvgIpc) is 4.29. The number of nitrogens with zero attached hydrogens (tertiary/aromatic N) is 1. The number of hydrogen-bond acceptors (Lipinski definition) is 3. The van der Waals surface area contributed by atoms with Crippen molar-refractivity contribution in [1.82, 2.24) is 0 Å². The Morgan fingerprint density at radius 2 is 1.21 bits per heavy atom. The van der Waals surface area contributed by atoms with Crippen molar-refractivity contribution in [3.05, 3.63) is 142 Å². The van der Waals surface area contributed by atoms with Gasteiger partial charge in [0, 0.05) is 16.1 Å². The molecule has 0 bridgehead atoms. The summed E-state index contributed by atoms with van der Waals surface area (Å²) in [5, 5.41) is 8.90. The van der Waals surface area contributed by atoms with Gasteiger partial charge in [-0.2, -0.15) is 5.26 Å². The molecule has 0 heterocycles. The van der Waals surface area contributed by atoms with Gasteiger partial charge in [0.2, 0.25) is 0 Å². The lowest BCUT2D eigenvalue weighted by atomic mass is 9.79. The van der Waals surface area contributed by atoms with Crippen LogP contribution in [0.15, 0.2) is 108 Å². The third kappa shape index (κ3) is 21.2. The molecule has 376 valence electrons. The fourth-order valence-corrected chi connectivity index (χ4v) is 8.52. The minimum absolute atomic E-state index is 0.498. The zero-order valence-corrected chi connectivity index (χ0v) is 48.2. The summed E-state index contributed by atoms with van der Waals surface area (Å²) in [6, 6.07) is 23.5. The van der Waals surface area contributed by atoms with Crippen molar-refractivity contribution in [1.29, 1.82) is 5.26 Å². The van der Waals surface area contributed by atoms with Gasteiger partial charge in [-0.1, -0.05) is 223 Å². The summed E-state index contributed by atoms with van der Waals surface area (Å²) < 4.78 is 0. The topological polar surface area (TPSA) is 49.8 Å². The summed E-state index contributed by atoms with van der Waals surface area (Å²) in [6.07, 6.45) is 15.7. The molecule has 68 heavy (non-hydrogen) atoms. The fraction of sp³-hybridized carbons (Fsp3) is 0.538. The average molecular weight is 942 g/mol. The number of aryl methyl sites for hydroxylation is 2. The Bertz CT molecular complexity index is 2100. The molecule has 2 atom stereocenters. The standard InChI is InChI=1S/C22H25NS.C21H27N.2C9H18.2C2H6/c1-5-16-9-8-10-20(19(16)6-2)17-11-13-18(14-12-17)22(24)15(4)21(23)7-3;1-7-18(12-16(5)14-22)13-17(6)20-11-9-10-19(8-2)21(20)15(3)4;2*1-7(8-5-6-8)9(2,3)4;2*1-2/h6,8-14H,2,5,7,23H2,1,3-4H3;9-13,15H,5,7-8H2,1-4,6H3;2*7-8H,5-6H2,1-4H3;2*1-2H3/b21-15-;17-13+,18-12-;;;;. The van der Waals surface area contributed by atoms with Crippen LogP contribution in [-0.2, 0) is 12.8 Å². The van der Waals surface area contributed by atoms with Crippen LogP contribution < -0.4 is 5.73 Å². The van der Waals surface area contributed by atoms with Crippen LogP contribution >= 0.6 is 12.2 Å². The number of allylic oxidation sites excluding steroid dienone is 7. The predicted molar refractivity (Wildman–Crippen MR) is 312 cm³/mol. The Kier molecular flexibility index (Phi) is 29.8. The molecule has 2 fully saturated rings. The van der Waals surface area contributed by atoms with E-state index in [0.717, 1.165) is 76.6 Å². The van der Waals surface area contributed by atoms with Crippen molar-refractivity contribution in [2.24, 2.45) is 40.2 Å². The van der Waals surface area contributed by atoms with Crippen molar-refractivity contribution in [3.63, 3.8) is 0 Å². The molecule has 3 heteroatoms. The third-order valence-corrected chi connectivity index (χ3v) is 14.3. The second kappa shape index (κ2) is 31.8. The smallest absolute Gasteiger partial charge is 0.0985 e. The monoisotopic (exact) mass is 941 g/mol. The second-order valence-electron chi connectivity index (χ2n) is 20.8. The van der Waals surface area contributed by atoms with E-state index in [2.05, 4.69) is 183 Å². The molecular weight excluding hydrogens is 841 g/mol. The van der Waals surface area contributed by atoms with Crippen molar-refractivity contribution < 1.29 is 0 Å². The Morgan fingerprint density at radius 1 is 0.735 bits per heavy atom. The highest BCUT2D eigenvalue weighted by Gasteiger charge is 2.35. The quantitative estimate of drug-likeness (QED) is 0.0576. The van der Waals surface area contributed by atoms with Gasteiger partial charge in [0.25, 0.3) is 0 Å². The number of nitriles is 1. The van der Waals surface area contributed by atoms with Crippen LogP contribution in [0.4, 0.5) is 0 Å². The van der Waals surface area contributed by atoms with E-state index in [0.29, 0.717) is 22.3 Å². The summed E-state index contributed by atoms with van der Waals surface area (Å²) in [6.45, 7) is 51.7. The SMILES string of the molecule is C=C(C#N)/C=C(\C=C(/C)c1cccc(CC)c1C(C)C)CC.C=Cc1c(CC)cccc1-c1ccc(C(=S)/C(C)=C(\N)CC)cc1.CC.CC.CC(C1CC1)C(C)(C)C.CC(C1CC1)C(C)(C)C. The van der Waals surface area contributed by atoms with Gasteiger partial charge in [0.05, 0.1) is 6.07 Å². The molecule has 2 saturated carbocycles. The van der Waals surface area contributed by atoms with Crippen LogP contribution in [0.2, 0.25) is 0 Å². The second-order valence-corrected chi connectivity index (χ2v) is 21.2. The van der Waals surface area contributed by atoms with Crippen LogP contribution in [0.1, 0.15) is 216 Å². The molecule has 0 spiro atoms. The summed E-state index contributed by atoms with van der Waals surface area (Å²) in [5.74, 6) is 4.47. The van der Waals surface area contributed by atoms with Crippen LogP contribution in [-0.4, -0.2) is 4.86 Å². The molecule has 2 N–H and O–H groups in total. The predicted octanol–water partition coefficient (Wildman–Crippen LogP) is 20.3. The first-order valence-electron chi connectivity index (χ1n) is 26.4. The Balaban J connectivity index is 0.000000926. The van der Waals surface area contributed by atoms with Crippen molar-refractivity contribution in [2.45, 2.75) is 196 Å². The first-order chi connectivity index (χ1) is 32.0. The maximum Gasteiger partial charge on any atom is 0.0985 e. The first kappa shape index (κ1) is 63.7. The number of hydrogen-bond donors (Lipinski definition) is 1. The van der Waals surface area contributed by atoms with Gasteiger partial charge in [0.1, 0.15) is 0 Å². The van der Waals surface area contributed by atoms with E-state index in [1.807, 2.05) is 53.7 Å². The van der Waals surface area contributed by atoms with E-state index in [1.165, 1.54) is 70.2 Å². The highest BCUT2D eigenvalue weighted by atomic mass is 32.1. The lowest BCUT2D eigenvalue weighted by molar-refractivity contribution is 0.232. The van der Waals surface area contributed by atoms with Gasteiger partial charge in [-0.25, -0.2) is 0 Å². The van der Waals surface area contributed by atoms with E-state index >= 15 is 0 Å². The zero-order valence-electron chi connectivity index (χ0n) is 47.4. The van der Waals surface area contributed by atoms with Gasteiger partial charge in [-0.3, -0.25) is 0 Å². The summed E-state index contributed by atoms with van der Waals surface area (Å²) in [5.41, 5.74) is 22.0. The van der Waals surface area contributed by atoms with Crippen LogP contribution in [0.25, 0.3) is 22.8 Å². The molecule has 2 aliphatic carbocycles. The summed E-state index contributed by atoms with van der Waals surface area (Å²) >= 11 is 5.58. The van der Waals surface area contributed by atoms with Crippen molar-refractivity contribution in [3.8, 4) is 17.2 Å². The summed E-state index contributed by atoms with van der Waals surface area (Å²) in [7, 11) is 0. The molecular formula is C65H100N2S. The van der Waals surface area contributed by atoms with E-state index in [9.17, 15) is 0 Å². The highest BCUT2D eigenvalue weighted by molar-refractivity contribution is 7.81. The maximum atomic E-state index is 8.90. The first-order valence-corrected chi connectivity index (χ1v) is 26.9. The number of rotatable bonds is 14. The minimum atomic E-state index is 0.498. The molecule has 2 unspecified atom stereocenters. The van der Waals surface area contributed by atoms with Gasteiger partial charge < -0.3 is 5.73 Å². The molecule has 5 rings (SSSR count). The maximum absolute atomic E-state index is 8.90. The lowest BCUT2D eigenvalue weighted by Gasteiger charge is -2.26. The molecule has 2 nitrogen and oxygen atoms in total. The van der Waals surface area contributed by atoms with E-state index in [-0.39, 0.29) is 0 Å². The molecule has 0 aliphatic heterocycles. The Hall–Kier alpha value is -4.26. The lowest BCUT2D eigenvalue weighted by Crippen LogP contribution is -2.18. The molecule has 0 aromatic heterocycles. The largest absolute Gasteiger partial charge is 0.402 e. The molecule has 0 radical (unpaired) electrons. The molecule has 2 aliphatic rings. The van der Waals surface area contributed by atoms with Gasteiger partial charge >= 0.3 is 0 Å². The zero-order chi connectivity index (χ0) is 52.5. The van der Waals surface area contributed by atoms with Crippen LogP contribution in [0.3, 0.4) is 0 Å². The van der Waals surface area contributed by atoms with E-state index < -0.39 is 0 Å².